The number of hydrogen-bond acceptors (Lipinski definition) is 4. The molecule has 4 nitrogen and oxygen atoms in total. The molecule has 114 valence electrons. The van der Waals surface area contributed by atoms with Gasteiger partial charge in [-0.25, -0.2) is 0 Å². The number of hydrogen-bond donors (Lipinski definition) is 1. The van der Waals surface area contributed by atoms with Crippen molar-refractivity contribution in [1.82, 2.24) is 10.2 Å². The molecule has 1 rings (SSSR count). The second-order valence-electron chi connectivity index (χ2n) is 5.38. The largest absolute Gasteiger partial charge is 0.382 e. The lowest BCUT2D eigenvalue weighted by atomic mass is 10.0. The van der Waals surface area contributed by atoms with E-state index < -0.39 is 0 Å². The number of piperidine rings is 1. The van der Waals surface area contributed by atoms with E-state index in [2.05, 4.69) is 17.1 Å². The third-order valence-electron chi connectivity index (χ3n) is 3.71. The highest BCUT2D eigenvalue weighted by molar-refractivity contribution is 4.76. The maximum absolute atomic E-state index is 5.45. The molecule has 1 saturated heterocycles. The van der Waals surface area contributed by atoms with Gasteiger partial charge < -0.3 is 19.7 Å². The highest BCUT2D eigenvalue weighted by Crippen LogP contribution is 2.10. The Labute approximate surface area is 118 Å². The summed E-state index contributed by atoms with van der Waals surface area (Å²) in [5, 5.41) is 3.68. The van der Waals surface area contributed by atoms with E-state index in [4.69, 9.17) is 9.47 Å². The predicted octanol–water partition coefficient (Wildman–Crippen LogP) is 1.89. The van der Waals surface area contributed by atoms with Crippen molar-refractivity contribution in [3.05, 3.63) is 0 Å². The molecule has 1 aliphatic rings. The van der Waals surface area contributed by atoms with Crippen molar-refractivity contribution in [1.29, 1.82) is 0 Å². The highest BCUT2D eigenvalue weighted by atomic mass is 16.5. The molecule has 0 bridgehead atoms. The van der Waals surface area contributed by atoms with Crippen LogP contribution in [0.2, 0.25) is 0 Å². The minimum absolute atomic E-state index is 0.703. The maximum Gasteiger partial charge on any atom is 0.0700 e. The van der Waals surface area contributed by atoms with E-state index in [1.807, 2.05) is 0 Å². The zero-order chi connectivity index (χ0) is 13.8. The fourth-order valence-electron chi connectivity index (χ4n) is 2.56. The average Bonchev–Trinajstić information content (AvgIpc) is 2.44. The molecule has 1 aliphatic heterocycles. The molecule has 0 saturated carbocycles. The first-order valence-electron chi connectivity index (χ1n) is 7.89. The van der Waals surface area contributed by atoms with E-state index in [1.54, 1.807) is 7.11 Å². The molecular weight excluding hydrogens is 240 g/mol. The summed E-state index contributed by atoms with van der Waals surface area (Å²) in [6.45, 7) is 9.49. The smallest absolute Gasteiger partial charge is 0.0700 e. The van der Waals surface area contributed by atoms with Gasteiger partial charge in [0.1, 0.15) is 0 Å². The van der Waals surface area contributed by atoms with Crippen LogP contribution in [-0.4, -0.2) is 64.1 Å². The monoisotopic (exact) mass is 272 g/mol. The lowest BCUT2D eigenvalue weighted by Crippen LogP contribution is -2.42. The van der Waals surface area contributed by atoms with Crippen LogP contribution >= 0.6 is 0 Å². The molecule has 1 fully saturated rings. The van der Waals surface area contributed by atoms with Crippen molar-refractivity contribution in [2.75, 3.05) is 53.1 Å². The van der Waals surface area contributed by atoms with Gasteiger partial charge in [0.2, 0.25) is 0 Å². The third kappa shape index (κ3) is 8.58. The van der Waals surface area contributed by atoms with Gasteiger partial charge in [0.25, 0.3) is 0 Å². The van der Waals surface area contributed by atoms with Crippen LogP contribution in [0.4, 0.5) is 0 Å². The van der Waals surface area contributed by atoms with Crippen LogP contribution in [0, 0.1) is 0 Å². The summed E-state index contributed by atoms with van der Waals surface area (Å²) >= 11 is 0. The third-order valence-corrected chi connectivity index (χ3v) is 3.71. The van der Waals surface area contributed by atoms with E-state index in [0.29, 0.717) is 6.61 Å². The lowest BCUT2D eigenvalue weighted by molar-refractivity contribution is 0.0686. The van der Waals surface area contributed by atoms with Crippen LogP contribution in [0.5, 0.6) is 0 Å². The van der Waals surface area contributed by atoms with E-state index in [1.165, 1.54) is 45.3 Å². The Hall–Kier alpha value is -0.160. The Morgan fingerprint density at radius 1 is 1.11 bits per heavy atom. The lowest BCUT2D eigenvalue weighted by Gasteiger charge is -2.32. The summed E-state index contributed by atoms with van der Waals surface area (Å²) in [5.74, 6) is 0. The van der Waals surface area contributed by atoms with Crippen LogP contribution in [0.25, 0.3) is 0 Å². The number of likely N-dealkylation sites (tertiary alicyclic amines) is 1. The average molecular weight is 272 g/mol. The topological polar surface area (TPSA) is 33.7 Å². The first-order chi connectivity index (χ1) is 9.36. The van der Waals surface area contributed by atoms with Crippen molar-refractivity contribution in [3.63, 3.8) is 0 Å². The van der Waals surface area contributed by atoms with Crippen LogP contribution < -0.4 is 5.32 Å². The van der Waals surface area contributed by atoms with Crippen molar-refractivity contribution in [2.24, 2.45) is 0 Å². The molecule has 0 atom stereocenters. The fraction of sp³-hybridized carbons (Fsp3) is 1.00. The molecule has 0 aromatic carbocycles. The second kappa shape index (κ2) is 11.6. The van der Waals surface area contributed by atoms with Crippen LogP contribution in [0.3, 0.4) is 0 Å². The zero-order valence-electron chi connectivity index (χ0n) is 12.8. The zero-order valence-corrected chi connectivity index (χ0v) is 12.8. The number of nitrogens with zero attached hydrogens (tertiary/aromatic N) is 1. The van der Waals surface area contributed by atoms with E-state index in [0.717, 1.165) is 32.2 Å². The molecule has 0 aromatic rings. The molecule has 0 aromatic heterocycles. The second-order valence-corrected chi connectivity index (χ2v) is 5.38. The molecular formula is C15H32N2O2. The number of ether oxygens (including phenoxy) is 2. The molecule has 1 heterocycles. The molecule has 0 aliphatic carbocycles. The Morgan fingerprint density at radius 3 is 2.58 bits per heavy atom. The summed E-state index contributed by atoms with van der Waals surface area (Å²) in [6.07, 6.45) is 6.25. The van der Waals surface area contributed by atoms with E-state index in [9.17, 15) is 0 Å². The van der Waals surface area contributed by atoms with Crippen molar-refractivity contribution in [3.8, 4) is 0 Å². The van der Waals surface area contributed by atoms with Gasteiger partial charge in [-0.1, -0.05) is 6.92 Å². The minimum Gasteiger partial charge on any atom is -0.382 e. The van der Waals surface area contributed by atoms with Gasteiger partial charge in [-0.3, -0.25) is 0 Å². The SMILES string of the molecule is CCCN1CCC(NCCCCOCCOC)CC1. The highest BCUT2D eigenvalue weighted by Gasteiger charge is 2.17. The van der Waals surface area contributed by atoms with Crippen molar-refractivity contribution >= 4 is 0 Å². The van der Waals surface area contributed by atoms with Gasteiger partial charge in [-0.15, -0.1) is 0 Å². The number of unbranched alkanes of at least 4 members (excludes halogenated alkanes) is 1. The molecule has 0 unspecified atom stereocenters. The number of rotatable bonds is 11. The Balaban J connectivity index is 1.85. The molecule has 1 N–H and O–H groups in total. The van der Waals surface area contributed by atoms with Crippen LogP contribution in [-0.2, 0) is 9.47 Å². The Kier molecular flexibility index (Phi) is 10.4. The maximum atomic E-state index is 5.45. The first kappa shape index (κ1) is 16.9. The van der Waals surface area contributed by atoms with Gasteiger partial charge in [-0.2, -0.15) is 0 Å². The molecule has 4 heteroatoms. The standard InChI is InChI=1S/C15H32N2O2/c1-3-9-17-10-6-15(7-11-17)16-8-4-5-12-19-14-13-18-2/h15-16H,3-14H2,1-2H3. The van der Waals surface area contributed by atoms with Crippen molar-refractivity contribution < 1.29 is 9.47 Å². The number of methoxy groups -OCH3 is 1. The van der Waals surface area contributed by atoms with E-state index >= 15 is 0 Å². The predicted molar refractivity (Wildman–Crippen MR) is 79.7 cm³/mol. The van der Waals surface area contributed by atoms with Gasteiger partial charge in [-0.05, 0) is 58.3 Å². The number of nitrogens with one attached hydrogen (secondary N) is 1. The van der Waals surface area contributed by atoms with Crippen molar-refractivity contribution in [2.45, 2.75) is 45.1 Å². The molecule has 0 radical (unpaired) electrons. The normalized spacial score (nSPS) is 18.0. The first-order valence-corrected chi connectivity index (χ1v) is 7.89. The van der Waals surface area contributed by atoms with Crippen LogP contribution in [0.1, 0.15) is 39.0 Å². The minimum atomic E-state index is 0.703. The molecule has 0 amide bonds. The molecule has 19 heavy (non-hydrogen) atoms. The van der Waals surface area contributed by atoms with Crippen LogP contribution in [0.15, 0.2) is 0 Å². The Bertz CT molecular complexity index is 195. The van der Waals surface area contributed by atoms with E-state index in [-0.39, 0.29) is 0 Å². The summed E-state index contributed by atoms with van der Waals surface area (Å²) in [7, 11) is 1.71. The van der Waals surface area contributed by atoms with Gasteiger partial charge in [0.05, 0.1) is 13.2 Å². The quantitative estimate of drug-likeness (QED) is 0.582. The molecule has 0 spiro atoms. The summed E-state index contributed by atoms with van der Waals surface area (Å²) in [5.41, 5.74) is 0. The summed E-state index contributed by atoms with van der Waals surface area (Å²) in [6, 6.07) is 0.738. The van der Waals surface area contributed by atoms with Gasteiger partial charge >= 0.3 is 0 Å². The summed E-state index contributed by atoms with van der Waals surface area (Å²) in [4.78, 5) is 2.59. The van der Waals surface area contributed by atoms with Gasteiger partial charge in [0, 0.05) is 19.8 Å². The fourth-order valence-corrected chi connectivity index (χ4v) is 2.56. The van der Waals surface area contributed by atoms with Gasteiger partial charge in [0.15, 0.2) is 0 Å². The Morgan fingerprint density at radius 2 is 1.89 bits per heavy atom. The summed E-state index contributed by atoms with van der Waals surface area (Å²) < 4.78 is 10.4.